The molecule has 1 aromatic rings. The fourth-order valence-corrected chi connectivity index (χ4v) is 4.20. The van der Waals surface area contributed by atoms with Gasteiger partial charge in [-0.25, -0.2) is 0 Å². The predicted molar refractivity (Wildman–Crippen MR) is 98.1 cm³/mol. The van der Waals surface area contributed by atoms with Crippen molar-refractivity contribution in [3.63, 3.8) is 0 Å². The minimum absolute atomic E-state index is 0.00221. The third-order valence-electron chi connectivity index (χ3n) is 4.68. The van der Waals surface area contributed by atoms with Gasteiger partial charge in [-0.3, -0.25) is 9.59 Å². The zero-order chi connectivity index (χ0) is 16.8. The minimum atomic E-state index is -0.00221. The lowest BCUT2D eigenvalue weighted by Crippen LogP contribution is -2.45. The van der Waals surface area contributed by atoms with E-state index in [1.54, 1.807) is 0 Å². The summed E-state index contributed by atoms with van der Waals surface area (Å²) in [5, 5.41) is 6.38. The molecule has 2 heterocycles. The number of benzene rings is 1. The quantitative estimate of drug-likeness (QED) is 0.874. The number of likely N-dealkylation sites (tertiary alicyclic amines) is 1. The zero-order valence-corrected chi connectivity index (χ0v) is 14.7. The third kappa shape index (κ3) is 4.74. The van der Waals surface area contributed by atoms with Gasteiger partial charge in [0.25, 0.3) is 0 Å². The molecule has 2 saturated heterocycles. The maximum absolute atomic E-state index is 12.4. The Morgan fingerprint density at radius 2 is 1.96 bits per heavy atom. The third-order valence-corrected chi connectivity index (χ3v) is 5.81. The molecule has 0 radical (unpaired) electrons. The maximum atomic E-state index is 12.4. The highest BCUT2D eigenvalue weighted by molar-refractivity contribution is 7.99. The number of nitrogens with zero attached hydrogens (tertiary/aromatic N) is 1. The lowest BCUT2D eigenvalue weighted by atomic mass is 9.95. The van der Waals surface area contributed by atoms with E-state index in [2.05, 4.69) is 10.6 Å². The van der Waals surface area contributed by atoms with Gasteiger partial charge < -0.3 is 15.5 Å². The number of hydrogen-bond donors (Lipinski definition) is 2. The summed E-state index contributed by atoms with van der Waals surface area (Å²) in [5.74, 6) is 2.43. The number of nitrogens with one attached hydrogen (secondary N) is 2. The van der Waals surface area contributed by atoms with Crippen LogP contribution < -0.4 is 10.6 Å². The molecular formula is C18H25N3O2S. The van der Waals surface area contributed by atoms with Gasteiger partial charge in [0.15, 0.2) is 0 Å². The van der Waals surface area contributed by atoms with E-state index in [-0.39, 0.29) is 17.7 Å². The molecule has 0 spiro atoms. The zero-order valence-electron chi connectivity index (χ0n) is 13.9. The molecule has 2 aliphatic rings. The normalized spacial score (nSPS) is 22.2. The largest absolute Gasteiger partial charge is 0.343 e. The van der Waals surface area contributed by atoms with Crippen molar-refractivity contribution >= 4 is 29.3 Å². The molecule has 2 N–H and O–H groups in total. The summed E-state index contributed by atoms with van der Waals surface area (Å²) in [5.41, 5.74) is 0.835. The Labute approximate surface area is 147 Å². The first kappa shape index (κ1) is 17.3. The topological polar surface area (TPSA) is 61.4 Å². The van der Waals surface area contributed by atoms with Gasteiger partial charge in [0.2, 0.25) is 11.8 Å². The van der Waals surface area contributed by atoms with Crippen LogP contribution in [0.25, 0.3) is 0 Å². The Hall–Kier alpha value is -1.53. The van der Waals surface area contributed by atoms with Gasteiger partial charge in [-0.1, -0.05) is 18.2 Å². The van der Waals surface area contributed by atoms with Crippen molar-refractivity contribution in [1.29, 1.82) is 0 Å². The number of amides is 2. The van der Waals surface area contributed by atoms with Gasteiger partial charge in [0.1, 0.15) is 0 Å². The van der Waals surface area contributed by atoms with Crippen LogP contribution in [0.3, 0.4) is 0 Å². The lowest BCUT2D eigenvalue weighted by Gasteiger charge is -2.33. The molecule has 0 aromatic heterocycles. The molecule has 130 valence electrons. The Bertz CT molecular complexity index is 553. The van der Waals surface area contributed by atoms with Crippen LogP contribution in [-0.4, -0.2) is 53.9 Å². The van der Waals surface area contributed by atoms with Crippen LogP contribution in [0.4, 0.5) is 5.69 Å². The second kappa shape index (κ2) is 8.53. The number of carbonyl (C=O) groups is 2. The van der Waals surface area contributed by atoms with E-state index in [0.29, 0.717) is 25.6 Å². The van der Waals surface area contributed by atoms with Crippen molar-refractivity contribution in [2.24, 2.45) is 5.92 Å². The molecule has 6 heteroatoms. The van der Waals surface area contributed by atoms with E-state index < -0.39 is 0 Å². The number of rotatable bonds is 4. The van der Waals surface area contributed by atoms with Crippen LogP contribution in [0.1, 0.15) is 19.3 Å². The molecule has 1 unspecified atom stereocenters. The van der Waals surface area contributed by atoms with Crippen LogP contribution >= 0.6 is 11.8 Å². The molecule has 0 aliphatic carbocycles. The van der Waals surface area contributed by atoms with Crippen molar-refractivity contribution < 1.29 is 9.59 Å². The average Bonchev–Trinajstić information content (AvgIpc) is 2.63. The van der Waals surface area contributed by atoms with Gasteiger partial charge in [-0.2, -0.15) is 11.8 Å². The van der Waals surface area contributed by atoms with E-state index in [0.717, 1.165) is 36.6 Å². The van der Waals surface area contributed by atoms with Gasteiger partial charge in [-0.15, -0.1) is 0 Å². The van der Waals surface area contributed by atoms with Crippen LogP contribution in [0.2, 0.25) is 0 Å². The van der Waals surface area contributed by atoms with E-state index >= 15 is 0 Å². The smallest absolute Gasteiger partial charge is 0.227 e. The summed E-state index contributed by atoms with van der Waals surface area (Å²) < 4.78 is 0. The molecule has 2 fully saturated rings. The van der Waals surface area contributed by atoms with Crippen LogP contribution in [0.5, 0.6) is 0 Å². The lowest BCUT2D eigenvalue weighted by molar-refractivity contribution is -0.134. The number of anilines is 1. The van der Waals surface area contributed by atoms with E-state index in [1.165, 1.54) is 0 Å². The molecule has 5 nitrogen and oxygen atoms in total. The summed E-state index contributed by atoms with van der Waals surface area (Å²) >= 11 is 1.91. The van der Waals surface area contributed by atoms with Crippen molar-refractivity contribution in [2.45, 2.75) is 25.3 Å². The molecule has 1 atom stereocenters. The second-order valence-electron chi connectivity index (χ2n) is 6.44. The van der Waals surface area contributed by atoms with Gasteiger partial charge in [-0.05, 0) is 25.0 Å². The Morgan fingerprint density at radius 1 is 1.21 bits per heavy atom. The monoisotopic (exact) mass is 347 g/mol. The fraction of sp³-hybridized carbons (Fsp3) is 0.556. The first-order valence-electron chi connectivity index (χ1n) is 8.67. The number of hydrogen-bond acceptors (Lipinski definition) is 4. The SMILES string of the molecule is O=C(Nc1ccccc1)C1CCN(C(=O)CC2CSCCN2)CC1. The highest BCUT2D eigenvalue weighted by Gasteiger charge is 2.28. The average molecular weight is 347 g/mol. The standard InChI is InChI=1S/C18H25N3O2S/c22-17(12-16-13-24-11-8-19-16)21-9-6-14(7-10-21)18(23)20-15-4-2-1-3-5-15/h1-5,14,16,19H,6-13H2,(H,20,23). The van der Waals surface area contributed by atoms with Gasteiger partial charge in [0, 0.05) is 55.2 Å². The summed E-state index contributed by atoms with van der Waals surface area (Å²) in [4.78, 5) is 26.7. The van der Waals surface area contributed by atoms with Crippen LogP contribution in [-0.2, 0) is 9.59 Å². The van der Waals surface area contributed by atoms with Crippen LogP contribution in [0, 0.1) is 5.92 Å². The Balaban J connectivity index is 1.43. The molecular weight excluding hydrogens is 322 g/mol. The van der Waals surface area contributed by atoms with Gasteiger partial charge >= 0.3 is 0 Å². The van der Waals surface area contributed by atoms with E-state index in [1.807, 2.05) is 47.0 Å². The maximum Gasteiger partial charge on any atom is 0.227 e. The molecule has 1 aromatic carbocycles. The van der Waals surface area contributed by atoms with Gasteiger partial charge in [0.05, 0.1) is 0 Å². The first-order chi connectivity index (χ1) is 11.7. The highest BCUT2D eigenvalue weighted by Crippen LogP contribution is 2.21. The summed E-state index contributed by atoms with van der Waals surface area (Å²) in [7, 11) is 0. The highest BCUT2D eigenvalue weighted by atomic mass is 32.2. The first-order valence-corrected chi connectivity index (χ1v) is 9.82. The van der Waals surface area contributed by atoms with Crippen molar-refractivity contribution in [3.05, 3.63) is 30.3 Å². The van der Waals surface area contributed by atoms with Crippen molar-refractivity contribution in [1.82, 2.24) is 10.2 Å². The molecule has 24 heavy (non-hydrogen) atoms. The van der Waals surface area contributed by atoms with Crippen LogP contribution in [0.15, 0.2) is 30.3 Å². The Morgan fingerprint density at radius 3 is 2.62 bits per heavy atom. The number of piperidine rings is 1. The summed E-state index contributed by atoms with van der Waals surface area (Å²) in [6.45, 7) is 2.36. The number of carbonyl (C=O) groups excluding carboxylic acids is 2. The molecule has 3 rings (SSSR count). The molecule has 0 bridgehead atoms. The second-order valence-corrected chi connectivity index (χ2v) is 7.59. The Kier molecular flexibility index (Phi) is 6.15. The van der Waals surface area contributed by atoms with Crippen molar-refractivity contribution in [3.8, 4) is 0 Å². The number of para-hydroxylation sites is 1. The summed E-state index contributed by atoms with van der Waals surface area (Å²) in [6, 6.07) is 9.84. The summed E-state index contributed by atoms with van der Waals surface area (Å²) in [6.07, 6.45) is 2.07. The molecule has 2 aliphatic heterocycles. The predicted octanol–water partition coefficient (Wildman–Crippen LogP) is 1.96. The fourth-order valence-electron chi connectivity index (χ4n) is 3.25. The van der Waals surface area contributed by atoms with E-state index in [9.17, 15) is 9.59 Å². The minimum Gasteiger partial charge on any atom is -0.343 e. The molecule has 2 amide bonds. The number of thioether (sulfide) groups is 1. The van der Waals surface area contributed by atoms with E-state index in [4.69, 9.17) is 0 Å². The van der Waals surface area contributed by atoms with Crippen molar-refractivity contribution in [2.75, 3.05) is 36.5 Å². The molecule has 0 saturated carbocycles.